The first kappa shape index (κ1) is 13.2. The minimum absolute atomic E-state index is 0.247. The maximum Gasteiger partial charge on any atom is 0.192 e. The van der Waals surface area contributed by atoms with Gasteiger partial charge in [0.25, 0.3) is 0 Å². The van der Waals surface area contributed by atoms with Crippen molar-refractivity contribution in [2.24, 2.45) is 10.7 Å². The number of nitrogens with two attached hydrogens (primary N) is 1. The average Bonchev–Trinajstić information content (AvgIpc) is 2.70. The molecule has 2 unspecified atom stereocenters. The van der Waals surface area contributed by atoms with E-state index in [4.69, 9.17) is 17.3 Å². The molecule has 18 heavy (non-hydrogen) atoms. The van der Waals surface area contributed by atoms with Crippen molar-refractivity contribution in [3.05, 3.63) is 34.3 Å². The fourth-order valence-electron chi connectivity index (χ4n) is 2.50. The molecule has 2 rings (SSSR count). The number of hydrogen-bond acceptors (Lipinski definition) is 3. The Labute approximate surface area is 114 Å². The molecule has 1 heterocycles. The van der Waals surface area contributed by atoms with Crippen LogP contribution in [0.2, 0.25) is 5.02 Å². The van der Waals surface area contributed by atoms with Gasteiger partial charge in [-0.25, -0.2) is 0 Å². The summed E-state index contributed by atoms with van der Waals surface area (Å²) >= 11 is 6.01. The van der Waals surface area contributed by atoms with E-state index < -0.39 is 0 Å². The summed E-state index contributed by atoms with van der Waals surface area (Å²) in [5.41, 5.74) is 8.48. The molecule has 0 amide bonds. The van der Waals surface area contributed by atoms with Gasteiger partial charge in [-0.05, 0) is 43.5 Å². The summed E-state index contributed by atoms with van der Waals surface area (Å²) in [7, 11) is 0. The van der Waals surface area contributed by atoms with E-state index in [0.717, 1.165) is 18.0 Å². The van der Waals surface area contributed by atoms with Crippen LogP contribution in [-0.2, 0) is 0 Å². The van der Waals surface area contributed by atoms with Gasteiger partial charge < -0.3 is 10.6 Å². The van der Waals surface area contributed by atoms with Crippen LogP contribution in [0.3, 0.4) is 0 Å². The molecule has 0 aliphatic carbocycles. The largest absolute Gasteiger partial charge is 0.370 e. The Bertz CT molecular complexity index is 470. The van der Waals surface area contributed by atoms with Gasteiger partial charge in [0.15, 0.2) is 5.96 Å². The number of aryl methyl sites for hydroxylation is 1. The highest BCUT2D eigenvalue weighted by Gasteiger charge is 2.31. The van der Waals surface area contributed by atoms with Gasteiger partial charge >= 0.3 is 0 Å². The molecule has 2 atom stereocenters. The van der Waals surface area contributed by atoms with Gasteiger partial charge in [-0.2, -0.15) is 0 Å². The summed E-state index contributed by atoms with van der Waals surface area (Å²) in [4.78, 5) is 6.61. The van der Waals surface area contributed by atoms with Gasteiger partial charge in [-0.15, -0.1) is 0 Å². The highest BCUT2D eigenvalue weighted by molar-refractivity contribution is 6.30. The van der Waals surface area contributed by atoms with Crippen LogP contribution in [0.15, 0.2) is 23.2 Å². The van der Waals surface area contributed by atoms with Gasteiger partial charge in [0.1, 0.15) is 0 Å². The number of nitrogens with zero attached hydrogens (tertiary/aromatic N) is 2. The van der Waals surface area contributed by atoms with Crippen LogP contribution in [-0.4, -0.2) is 23.4 Å². The highest BCUT2D eigenvalue weighted by atomic mass is 35.5. The molecule has 0 spiro atoms. The minimum atomic E-state index is 0.247. The van der Waals surface area contributed by atoms with Crippen LogP contribution in [0.4, 0.5) is 0 Å². The first-order valence-corrected chi connectivity index (χ1v) is 6.76. The van der Waals surface area contributed by atoms with Gasteiger partial charge in [0, 0.05) is 11.1 Å². The molecule has 0 radical (unpaired) electrons. The molecule has 1 aliphatic heterocycles. The third-order valence-corrected chi connectivity index (χ3v) is 3.92. The third kappa shape index (κ3) is 2.32. The first-order chi connectivity index (χ1) is 8.54. The molecular weight excluding hydrogens is 246 g/mol. The Hall–Kier alpha value is -1.22. The lowest BCUT2D eigenvalue weighted by Gasteiger charge is -2.32. The van der Waals surface area contributed by atoms with Crippen LogP contribution in [0.25, 0.3) is 0 Å². The van der Waals surface area contributed by atoms with E-state index in [2.05, 4.69) is 36.7 Å². The Balaban J connectivity index is 2.33. The van der Waals surface area contributed by atoms with Crippen LogP contribution in [0.1, 0.15) is 37.4 Å². The van der Waals surface area contributed by atoms with Gasteiger partial charge in [0.05, 0.1) is 12.6 Å². The third-order valence-electron chi connectivity index (χ3n) is 3.68. The molecule has 0 bridgehead atoms. The summed E-state index contributed by atoms with van der Waals surface area (Å²) < 4.78 is 0. The molecule has 1 aliphatic rings. The Morgan fingerprint density at radius 1 is 1.56 bits per heavy atom. The monoisotopic (exact) mass is 265 g/mol. The lowest BCUT2D eigenvalue weighted by Crippen LogP contribution is -2.42. The number of hydrogen-bond donors (Lipinski definition) is 1. The second-order valence-corrected chi connectivity index (χ2v) is 5.32. The zero-order valence-corrected chi connectivity index (χ0v) is 11.9. The standard InChI is InChI=1S/C14H20ClN3/c1-4-10(3)18-13(8-17-14(18)16)12-6-5-11(15)7-9(12)2/h5-7,10,13H,4,8H2,1-3H3,(H2,16,17). The summed E-state index contributed by atoms with van der Waals surface area (Å²) in [6, 6.07) is 6.67. The van der Waals surface area contributed by atoms with Crippen molar-refractivity contribution in [2.45, 2.75) is 39.3 Å². The molecule has 4 heteroatoms. The van der Waals surface area contributed by atoms with Crippen molar-refractivity contribution in [2.75, 3.05) is 6.54 Å². The van der Waals surface area contributed by atoms with Crippen LogP contribution < -0.4 is 5.73 Å². The highest BCUT2D eigenvalue weighted by Crippen LogP contribution is 2.31. The molecular formula is C14H20ClN3. The molecule has 0 aromatic heterocycles. The van der Waals surface area contributed by atoms with Crippen molar-refractivity contribution in [1.29, 1.82) is 0 Å². The molecule has 1 aromatic rings. The van der Waals surface area contributed by atoms with Gasteiger partial charge in [-0.1, -0.05) is 24.6 Å². The first-order valence-electron chi connectivity index (χ1n) is 6.39. The van der Waals surface area contributed by atoms with Gasteiger partial charge in [0.2, 0.25) is 0 Å². The van der Waals surface area contributed by atoms with E-state index in [1.54, 1.807) is 0 Å². The quantitative estimate of drug-likeness (QED) is 0.912. The van der Waals surface area contributed by atoms with E-state index >= 15 is 0 Å². The summed E-state index contributed by atoms with van der Waals surface area (Å²) in [6.07, 6.45) is 1.05. The van der Waals surface area contributed by atoms with Crippen LogP contribution >= 0.6 is 11.6 Å². The number of halogens is 1. The molecule has 2 N–H and O–H groups in total. The topological polar surface area (TPSA) is 41.6 Å². The maximum absolute atomic E-state index is 6.01. The predicted octanol–water partition coefficient (Wildman–Crippen LogP) is 3.12. The normalized spacial score (nSPS) is 21.0. The van der Waals surface area contributed by atoms with Crippen LogP contribution in [0, 0.1) is 6.92 Å². The second-order valence-electron chi connectivity index (χ2n) is 4.88. The number of aliphatic imine (C=N–C) groups is 1. The average molecular weight is 266 g/mol. The lowest BCUT2D eigenvalue weighted by atomic mass is 9.99. The lowest BCUT2D eigenvalue weighted by molar-refractivity contribution is 0.268. The Morgan fingerprint density at radius 3 is 2.89 bits per heavy atom. The minimum Gasteiger partial charge on any atom is -0.370 e. The van der Waals surface area contributed by atoms with Crippen LogP contribution in [0.5, 0.6) is 0 Å². The fourth-order valence-corrected chi connectivity index (χ4v) is 2.73. The SMILES string of the molecule is CCC(C)N1C(N)=NCC1c1ccc(Cl)cc1C. The van der Waals surface area contributed by atoms with E-state index in [9.17, 15) is 0 Å². The Morgan fingerprint density at radius 2 is 2.28 bits per heavy atom. The van der Waals surface area contributed by atoms with E-state index in [0.29, 0.717) is 12.0 Å². The van der Waals surface area contributed by atoms with Crippen molar-refractivity contribution in [3.63, 3.8) is 0 Å². The molecule has 3 nitrogen and oxygen atoms in total. The van der Waals surface area contributed by atoms with Crippen molar-refractivity contribution in [1.82, 2.24) is 4.90 Å². The summed E-state index contributed by atoms with van der Waals surface area (Å²) in [5.74, 6) is 0.656. The summed E-state index contributed by atoms with van der Waals surface area (Å²) in [5, 5.41) is 0.776. The fraction of sp³-hybridized carbons (Fsp3) is 0.500. The van der Waals surface area contributed by atoms with Gasteiger partial charge in [-0.3, -0.25) is 4.99 Å². The predicted molar refractivity (Wildman–Crippen MR) is 77.0 cm³/mol. The smallest absolute Gasteiger partial charge is 0.192 e. The number of guanidine groups is 1. The zero-order valence-electron chi connectivity index (χ0n) is 11.2. The zero-order chi connectivity index (χ0) is 13.3. The molecule has 1 aromatic carbocycles. The molecule has 0 saturated carbocycles. The van der Waals surface area contributed by atoms with E-state index in [1.807, 2.05) is 12.1 Å². The van der Waals surface area contributed by atoms with Crippen molar-refractivity contribution >= 4 is 17.6 Å². The second kappa shape index (κ2) is 5.19. The summed E-state index contributed by atoms with van der Waals surface area (Å²) in [6.45, 7) is 7.18. The van der Waals surface area contributed by atoms with Crippen molar-refractivity contribution in [3.8, 4) is 0 Å². The number of rotatable bonds is 3. The molecule has 98 valence electrons. The van der Waals surface area contributed by atoms with E-state index in [-0.39, 0.29) is 6.04 Å². The molecule has 0 saturated heterocycles. The molecule has 0 fully saturated rings. The van der Waals surface area contributed by atoms with Crippen molar-refractivity contribution < 1.29 is 0 Å². The number of benzene rings is 1. The van der Waals surface area contributed by atoms with E-state index in [1.165, 1.54) is 11.1 Å². The maximum atomic E-state index is 6.01. The Kier molecular flexibility index (Phi) is 3.81.